The zero-order chi connectivity index (χ0) is 18.1. The van der Waals surface area contributed by atoms with Crippen molar-refractivity contribution in [3.8, 4) is 0 Å². The number of urea groups is 1. The Morgan fingerprint density at radius 2 is 2.28 bits per heavy atom. The van der Waals surface area contributed by atoms with Crippen LogP contribution in [-0.4, -0.2) is 37.7 Å². The average Bonchev–Trinajstić information content (AvgIpc) is 3.15. The molecule has 0 aromatic carbocycles. The van der Waals surface area contributed by atoms with E-state index < -0.39 is 0 Å². The van der Waals surface area contributed by atoms with Gasteiger partial charge in [-0.15, -0.1) is 11.3 Å². The maximum Gasteiger partial charge on any atom is 0.318 e. The minimum atomic E-state index is -0.246. The minimum Gasteiger partial charge on any atom is -0.331 e. The molecule has 3 aromatic rings. The van der Waals surface area contributed by atoms with Crippen LogP contribution in [0.5, 0.6) is 0 Å². The molecule has 1 atom stereocenters. The molecule has 0 saturated carbocycles. The van der Waals surface area contributed by atoms with Gasteiger partial charge < -0.3 is 15.2 Å². The molecule has 0 bridgehead atoms. The Labute approximate surface area is 148 Å². The molecule has 3 heterocycles. The Hall–Kier alpha value is -2.68. The number of aromatic amines is 1. The number of aryl methyl sites for hydroxylation is 1. The summed E-state index contributed by atoms with van der Waals surface area (Å²) >= 11 is 1.35. The molecular formula is C16H20N6O2S. The first-order valence-electron chi connectivity index (χ1n) is 7.83. The van der Waals surface area contributed by atoms with Crippen molar-refractivity contribution in [1.29, 1.82) is 0 Å². The highest BCUT2D eigenvalue weighted by Crippen LogP contribution is 2.17. The van der Waals surface area contributed by atoms with Crippen LogP contribution in [0.3, 0.4) is 0 Å². The van der Waals surface area contributed by atoms with Crippen LogP contribution in [0.15, 0.2) is 22.4 Å². The first kappa shape index (κ1) is 17.2. The second kappa shape index (κ2) is 6.67. The van der Waals surface area contributed by atoms with E-state index in [4.69, 9.17) is 0 Å². The Morgan fingerprint density at radius 1 is 1.52 bits per heavy atom. The number of carbonyl (C=O) groups is 1. The molecule has 0 unspecified atom stereocenters. The van der Waals surface area contributed by atoms with Gasteiger partial charge in [-0.25, -0.2) is 9.78 Å². The highest BCUT2D eigenvalue weighted by molar-refractivity contribution is 7.17. The van der Waals surface area contributed by atoms with Crippen LogP contribution in [0, 0.1) is 6.92 Å². The highest BCUT2D eigenvalue weighted by Gasteiger charge is 2.18. The van der Waals surface area contributed by atoms with Gasteiger partial charge in [0.1, 0.15) is 10.5 Å². The maximum absolute atomic E-state index is 12.4. The van der Waals surface area contributed by atoms with Gasteiger partial charge in [-0.2, -0.15) is 5.10 Å². The lowest BCUT2D eigenvalue weighted by Gasteiger charge is -2.21. The average molecular weight is 360 g/mol. The number of nitrogens with zero attached hydrogens (tertiary/aromatic N) is 4. The quantitative estimate of drug-likeness (QED) is 0.743. The number of hydrogen-bond donors (Lipinski definition) is 2. The smallest absolute Gasteiger partial charge is 0.318 e. The number of hydrogen-bond acceptors (Lipinski definition) is 5. The van der Waals surface area contributed by atoms with E-state index >= 15 is 0 Å². The van der Waals surface area contributed by atoms with E-state index in [0.29, 0.717) is 16.0 Å². The number of rotatable bonds is 4. The van der Waals surface area contributed by atoms with Gasteiger partial charge in [0.25, 0.3) is 5.56 Å². The van der Waals surface area contributed by atoms with Crippen molar-refractivity contribution in [2.24, 2.45) is 7.05 Å². The molecular weight excluding hydrogens is 340 g/mol. The Morgan fingerprint density at radius 3 is 2.96 bits per heavy atom. The monoisotopic (exact) mass is 360 g/mol. The van der Waals surface area contributed by atoms with Gasteiger partial charge in [-0.3, -0.25) is 9.48 Å². The second-order valence-electron chi connectivity index (χ2n) is 5.98. The third kappa shape index (κ3) is 3.41. The van der Waals surface area contributed by atoms with Gasteiger partial charge in [0.2, 0.25) is 0 Å². The molecule has 2 N–H and O–H groups in total. The van der Waals surface area contributed by atoms with Crippen LogP contribution >= 0.6 is 11.3 Å². The predicted molar refractivity (Wildman–Crippen MR) is 96.6 cm³/mol. The standard InChI is InChI=1S/C16H20N6O2S/c1-9(11-7-17-22(4)10(11)2)18-16(24)21(3)8-13-19-12-5-6-25-14(12)15(23)20-13/h5-7,9H,8H2,1-4H3,(H,18,24)(H,19,20,23)/t9-/m1/s1. The van der Waals surface area contributed by atoms with Crippen LogP contribution in [-0.2, 0) is 13.6 Å². The third-order valence-electron chi connectivity index (χ3n) is 4.18. The maximum atomic E-state index is 12.4. The van der Waals surface area contributed by atoms with E-state index in [2.05, 4.69) is 20.4 Å². The summed E-state index contributed by atoms with van der Waals surface area (Å²) in [5, 5.41) is 8.95. The van der Waals surface area contributed by atoms with Crippen molar-refractivity contribution in [2.45, 2.75) is 26.4 Å². The van der Waals surface area contributed by atoms with Crippen molar-refractivity contribution in [3.05, 3.63) is 45.1 Å². The molecule has 0 aliphatic carbocycles. The summed E-state index contributed by atoms with van der Waals surface area (Å²) in [6.45, 7) is 4.08. The van der Waals surface area contributed by atoms with Crippen LogP contribution in [0.1, 0.15) is 30.0 Å². The Balaban J connectivity index is 1.69. The van der Waals surface area contributed by atoms with E-state index in [1.807, 2.05) is 26.3 Å². The number of amides is 2. The van der Waals surface area contributed by atoms with Gasteiger partial charge in [-0.05, 0) is 25.3 Å². The molecule has 9 heteroatoms. The lowest BCUT2D eigenvalue weighted by molar-refractivity contribution is 0.202. The van der Waals surface area contributed by atoms with E-state index in [1.165, 1.54) is 16.2 Å². The summed E-state index contributed by atoms with van der Waals surface area (Å²) in [6.07, 6.45) is 1.75. The molecule has 8 nitrogen and oxygen atoms in total. The van der Waals surface area contributed by atoms with E-state index in [1.54, 1.807) is 24.0 Å². The van der Waals surface area contributed by atoms with Gasteiger partial charge in [0, 0.05) is 25.4 Å². The first-order valence-corrected chi connectivity index (χ1v) is 8.71. The normalized spacial score (nSPS) is 12.3. The van der Waals surface area contributed by atoms with Crippen molar-refractivity contribution in [1.82, 2.24) is 30.0 Å². The summed E-state index contributed by atoms with van der Waals surface area (Å²) < 4.78 is 2.36. The molecule has 3 aromatic heterocycles. The van der Waals surface area contributed by atoms with Gasteiger partial charge in [0.15, 0.2) is 0 Å². The molecule has 0 spiro atoms. The molecule has 2 amide bonds. The van der Waals surface area contributed by atoms with Crippen LogP contribution in [0.4, 0.5) is 4.79 Å². The largest absolute Gasteiger partial charge is 0.331 e. The number of H-pyrrole nitrogens is 1. The van der Waals surface area contributed by atoms with Crippen molar-refractivity contribution < 1.29 is 4.79 Å². The molecule has 0 aliphatic rings. The summed E-state index contributed by atoms with van der Waals surface area (Å²) in [5.74, 6) is 0.457. The molecule has 3 rings (SSSR count). The van der Waals surface area contributed by atoms with E-state index in [9.17, 15) is 9.59 Å². The number of nitrogens with one attached hydrogen (secondary N) is 2. The fourth-order valence-electron chi connectivity index (χ4n) is 2.61. The van der Waals surface area contributed by atoms with Crippen LogP contribution < -0.4 is 10.9 Å². The Bertz CT molecular complexity index is 973. The SMILES string of the molecule is Cc1c([C@@H](C)NC(=O)N(C)Cc2nc3ccsc3c(=O)[nH]2)cnn1C. The number of thiophene rings is 1. The highest BCUT2D eigenvalue weighted by atomic mass is 32.1. The number of aromatic nitrogens is 4. The van der Waals surface area contributed by atoms with E-state index in [0.717, 1.165) is 11.3 Å². The van der Waals surface area contributed by atoms with Crippen LogP contribution in [0.2, 0.25) is 0 Å². The summed E-state index contributed by atoms with van der Waals surface area (Å²) in [6, 6.07) is 1.38. The van der Waals surface area contributed by atoms with Crippen molar-refractivity contribution >= 4 is 27.6 Å². The van der Waals surface area contributed by atoms with Crippen molar-refractivity contribution in [2.75, 3.05) is 7.05 Å². The van der Waals surface area contributed by atoms with Gasteiger partial charge in [0.05, 0.1) is 24.3 Å². The molecule has 0 radical (unpaired) electrons. The Kier molecular flexibility index (Phi) is 4.58. The molecule has 25 heavy (non-hydrogen) atoms. The first-order chi connectivity index (χ1) is 11.9. The minimum absolute atomic E-state index is 0.171. The number of fused-ring (bicyclic) bond motifs is 1. The molecule has 0 saturated heterocycles. The molecule has 132 valence electrons. The molecule has 0 aliphatic heterocycles. The second-order valence-corrected chi connectivity index (χ2v) is 6.90. The zero-order valence-corrected chi connectivity index (χ0v) is 15.3. The third-order valence-corrected chi connectivity index (χ3v) is 5.08. The van der Waals surface area contributed by atoms with Gasteiger partial charge in [-0.1, -0.05) is 0 Å². The van der Waals surface area contributed by atoms with Crippen molar-refractivity contribution in [3.63, 3.8) is 0 Å². The van der Waals surface area contributed by atoms with Gasteiger partial charge >= 0.3 is 6.03 Å². The summed E-state index contributed by atoms with van der Waals surface area (Å²) in [7, 11) is 3.53. The lowest BCUT2D eigenvalue weighted by Crippen LogP contribution is -2.38. The lowest BCUT2D eigenvalue weighted by atomic mass is 10.1. The fourth-order valence-corrected chi connectivity index (χ4v) is 3.33. The van der Waals surface area contributed by atoms with E-state index in [-0.39, 0.29) is 24.2 Å². The summed E-state index contributed by atoms with van der Waals surface area (Å²) in [5.41, 5.74) is 2.44. The summed E-state index contributed by atoms with van der Waals surface area (Å²) in [4.78, 5) is 33.0. The topological polar surface area (TPSA) is 95.9 Å². The fraction of sp³-hybridized carbons (Fsp3) is 0.375. The number of carbonyl (C=O) groups excluding carboxylic acids is 1. The van der Waals surface area contributed by atoms with Crippen LogP contribution in [0.25, 0.3) is 10.2 Å². The molecule has 0 fully saturated rings. The zero-order valence-electron chi connectivity index (χ0n) is 14.5. The predicted octanol–water partition coefficient (Wildman–Crippen LogP) is 1.93.